The van der Waals surface area contributed by atoms with E-state index in [9.17, 15) is 0 Å². The maximum Gasteiger partial charge on any atom is 0.0310 e. The summed E-state index contributed by atoms with van der Waals surface area (Å²) in [5.74, 6) is 0.754. The van der Waals surface area contributed by atoms with Crippen molar-refractivity contribution in [1.29, 1.82) is 0 Å². The Bertz CT molecular complexity index is 194. The van der Waals surface area contributed by atoms with E-state index < -0.39 is 0 Å². The topological polar surface area (TPSA) is 15.3 Å². The Hall–Kier alpha value is -0.0500. The van der Waals surface area contributed by atoms with Crippen LogP contribution < -0.4 is 5.32 Å². The van der Waals surface area contributed by atoms with Crippen LogP contribution in [0.3, 0.4) is 0 Å². The number of rotatable bonds is 4. The van der Waals surface area contributed by atoms with Gasteiger partial charge in [0.05, 0.1) is 0 Å². The second kappa shape index (κ2) is 5.74. The predicted octanol–water partition coefficient (Wildman–Crippen LogP) is 2.06. The lowest BCUT2D eigenvalue weighted by molar-refractivity contribution is 0.180. The Labute approximate surface area is 92.3 Å². The number of hydrogen-bond donors (Lipinski definition) is 1. The van der Waals surface area contributed by atoms with Crippen LogP contribution in [0.1, 0.15) is 19.8 Å². The summed E-state index contributed by atoms with van der Waals surface area (Å²) in [4.78, 5) is 2.40. The zero-order chi connectivity index (χ0) is 10.6. The molecule has 0 bridgehead atoms. The second-order valence-corrected chi connectivity index (χ2v) is 4.89. The molecule has 0 spiro atoms. The van der Waals surface area contributed by atoms with Crippen molar-refractivity contribution in [3.8, 4) is 0 Å². The van der Waals surface area contributed by atoms with Crippen LogP contribution in [0.15, 0.2) is 11.6 Å². The summed E-state index contributed by atoms with van der Waals surface area (Å²) in [7, 11) is 2.19. The van der Waals surface area contributed by atoms with Gasteiger partial charge in [-0.15, -0.1) is 0 Å². The van der Waals surface area contributed by atoms with Crippen LogP contribution in [0.25, 0.3) is 0 Å². The molecule has 0 aromatic rings. The van der Waals surface area contributed by atoms with E-state index in [1.807, 2.05) is 0 Å². The van der Waals surface area contributed by atoms with E-state index >= 15 is 0 Å². The minimum Gasteiger partial charge on any atom is -0.309 e. The summed E-state index contributed by atoms with van der Waals surface area (Å²) in [5, 5.41) is 4.11. The lowest BCUT2D eigenvalue weighted by Gasteiger charge is -2.33. The van der Waals surface area contributed by atoms with Crippen molar-refractivity contribution in [2.24, 2.45) is 5.92 Å². The van der Waals surface area contributed by atoms with Gasteiger partial charge < -0.3 is 10.2 Å². The SMILES string of the molecule is C=C(Cl)CNC(C)C1CCCN(C)C1. The third-order valence-corrected chi connectivity index (χ3v) is 3.12. The fourth-order valence-corrected chi connectivity index (χ4v) is 2.13. The van der Waals surface area contributed by atoms with E-state index in [1.54, 1.807) is 0 Å². The summed E-state index contributed by atoms with van der Waals surface area (Å²) < 4.78 is 0. The van der Waals surface area contributed by atoms with Crippen LogP contribution in [0, 0.1) is 5.92 Å². The first-order valence-corrected chi connectivity index (χ1v) is 5.72. The summed E-state index contributed by atoms with van der Waals surface area (Å²) in [5.41, 5.74) is 0. The monoisotopic (exact) mass is 216 g/mol. The first-order chi connectivity index (χ1) is 6.59. The van der Waals surface area contributed by atoms with Gasteiger partial charge in [-0.05, 0) is 39.3 Å². The maximum absolute atomic E-state index is 5.72. The quantitative estimate of drug-likeness (QED) is 0.774. The Morgan fingerprint density at radius 1 is 1.71 bits per heavy atom. The van der Waals surface area contributed by atoms with Gasteiger partial charge in [-0.25, -0.2) is 0 Å². The number of nitrogens with one attached hydrogen (secondary N) is 1. The number of halogens is 1. The molecule has 1 heterocycles. The van der Waals surface area contributed by atoms with Crippen molar-refractivity contribution >= 4 is 11.6 Å². The van der Waals surface area contributed by atoms with Gasteiger partial charge in [0.15, 0.2) is 0 Å². The lowest BCUT2D eigenvalue weighted by Crippen LogP contribution is -2.43. The minimum atomic E-state index is 0.535. The van der Waals surface area contributed by atoms with Crippen molar-refractivity contribution in [2.75, 3.05) is 26.7 Å². The van der Waals surface area contributed by atoms with Crippen LogP contribution in [-0.2, 0) is 0 Å². The fourth-order valence-electron chi connectivity index (χ4n) is 2.05. The average molecular weight is 217 g/mol. The standard InChI is InChI=1S/C11H21ClN2/c1-9(12)7-13-10(2)11-5-4-6-14(3)8-11/h10-11,13H,1,4-8H2,2-3H3. The maximum atomic E-state index is 5.72. The Morgan fingerprint density at radius 3 is 3.00 bits per heavy atom. The van der Waals surface area contributed by atoms with Gasteiger partial charge in [-0.2, -0.15) is 0 Å². The molecule has 0 amide bonds. The van der Waals surface area contributed by atoms with E-state index in [1.165, 1.54) is 25.9 Å². The smallest absolute Gasteiger partial charge is 0.0310 e. The summed E-state index contributed by atoms with van der Waals surface area (Å²) in [6.45, 7) is 9.08. The Kier molecular flexibility index (Phi) is 4.93. The van der Waals surface area contributed by atoms with Crippen molar-refractivity contribution in [1.82, 2.24) is 10.2 Å². The highest BCUT2D eigenvalue weighted by molar-refractivity contribution is 6.29. The fraction of sp³-hybridized carbons (Fsp3) is 0.818. The van der Waals surface area contributed by atoms with Gasteiger partial charge in [-0.1, -0.05) is 18.2 Å². The van der Waals surface area contributed by atoms with Crippen LogP contribution in [0.4, 0.5) is 0 Å². The second-order valence-electron chi connectivity index (χ2n) is 4.35. The molecule has 1 aliphatic heterocycles. The molecule has 2 nitrogen and oxygen atoms in total. The van der Waals surface area contributed by atoms with Gasteiger partial charge in [-0.3, -0.25) is 0 Å². The zero-order valence-corrected chi connectivity index (χ0v) is 9.98. The summed E-state index contributed by atoms with van der Waals surface area (Å²) in [6.07, 6.45) is 2.64. The normalized spacial score (nSPS) is 26.1. The van der Waals surface area contributed by atoms with Crippen molar-refractivity contribution in [3.63, 3.8) is 0 Å². The van der Waals surface area contributed by atoms with E-state index in [2.05, 4.69) is 30.8 Å². The van der Waals surface area contributed by atoms with Gasteiger partial charge in [0.1, 0.15) is 0 Å². The molecule has 0 saturated carbocycles. The molecule has 1 fully saturated rings. The Balaban J connectivity index is 2.28. The number of piperidine rings is 1. The average Bonchev–Trinajstić information content (AvgIpc) is 2.14. The van der Waals surface area contributed by atoms with Crippen molar-refractivity contribution < 1.29 is 0 Å². The Morgan fingerprint density at radius 2 is 2.43 bits per heavy atom. The molecule has 82 valence electrons. The molecule has 0 radical (unpaired) electrons. The van der Waals surface area contributed by atoms with Crippen molar-refractivity contribution in [3.05, 3.63) is 11.6 Å². The molecule has 0 aromatic carbocycles. The molecule has 0 aromatic heterocycles. The highest BCUT2D eigenvalue weighted by Crippen LogP contribution is 2.18. The molecule has 1 aliphatic rings. The van der Waals surface area contributed by atoms with Gasteiger partial charge in [0.2, 0.25) is 0 Å². The van der Waals surface area contributed by atoms with Gasteiger partial charge >= 0.3 is 0 Å². The molecular formula is C11H21ClN2. The first-order valence-electron chi connectivity index (χ1n) is 5.35. The van der Waals surface area contributed by atoms with E-state index in [0.29, 0.717) is 11.1 Å². The largest absolute Gasteiger partial charge is 0.309 e. The molecule has 1 rings (SSSR count). The molecule has 2 unspecified atom stereocenters. The number of likely N-dealkylation sites (tertiary alicyclic amines) is 1. The number of nitrogens with zero attached hydrogens (tertiary/aromatic N) is 1. The van der Waals surface area contributed by atoms with Crippen LogP contribution in [0.2, 0.25) is 0 Å². The third-order valence-electron chi connectivity index (χ3n) is 2.98. The first kappa shape index (κ1) is 12.0. The van der Waals surface area contributed by atoms with Crippen molar-refractivity contribution in [2.45, 2.75) is 25.8 Å². The highest BCUT2D eigenvalue weighted by Gasteiger charge is 2.22. The van der Waals surface area contributed by atoms with E-state index in [-0.39, 0.29) is 0 Å². The molecule has 3 heteroatoms. The number of hydrogen-bond acceptors (Lipinski definition) is 2. The van der Waals surface area contributed by atoms with E-state index in [0.717, 1.165) is 12.5 Å². The highest BCUT2D eigenvalue weighted by atomic mass is 35.5. The van der Waals surface area contributed by atoms with E-state index in [4.69, 9.17) is 11.6 Å². The zero-order valence-electron chi connectivity index (χ0n) is 9.22. The molecule has 1 N–H and O–H groups in total. The predicted molar refractivity (Wildman–Crippen MR) is 62.7 cm³/mol. The summed E-state index contributed by atoms with van der Waals surface area (Å²) in [6, 6.07) is 0.535. The van der Waals surface area contributed by atoms with Crippen LogP contribution in [0.5, 0.6) is 0 Å². The summed E-state index contributed by atoms with van der Waals surface area (Å²) >= 11 is 5.72. The molecule has 2 atom stereocenters. The van der Waals surface area contributed by atoms with Gasteiger partial charge in [0, 0.05) is 24.2 Å². The van der Waals surface area contributed by atoms with Crippen LogP contribution in [-0.4, -0.2) is 37.6 Å². The molecule has 1 saturated heterocycles. The third kappa shape index (κ3) is 3.99. The molecule has 14 heavy (non-hydrogen) atoms. The molecule has 0 aliphatic carbocycles. The van der Waals surface area contributed by atoms with Crippen LogP contribution >= 0.6 is 11.6 Å². The lowest BCUT2D eigenvalue weighted by atomic mass is 9.92. The minimum absolute atomic E-state index is 0.535. The molecular weight excluding hydrogens is 196 g/mol. The van der Waals surface area contributed by atoms with Gasteiger partial charge in [0.25, 0.3) is 0 Å².